The van der Waals surface area contributed by atoms with Gasteiger partial charge in [-0.3, -0.25) is 13.9 Å². The van der Waals surface area contributed by atoms with Gasteiger partial charge in [0.15, 0.2) is 0 Å². The lowest BCUT2D eigenvalue weighted by Gasteiger charge is -2.16. The summed E-state index contributed by atoms with van der Waals surface area (Å²) >= 11 is 6.17. The summed E-state index contributed by atoms with van der Waals surface area (Å²) in [7, 11) is 3.00. The van der Waals surface area contributed by atoms with Crippen molar-refractivity contribution >= 4 is 39.2 Å². The van der Waals surface area contributed by atoms with Crippen molar-refractivity contribution in [2.75, 3.05) is 5.73 Å². The van der Waals surface area contributed by atoms with Crippen LogP contribution in [-0.2, 0) is 14.1 Å². The van der Waals surface area contributed by atoms with E-state index >= 15 is 0 Å². The second-order valence-corrected chi connectivity index (χ2v) is 7.02. The highest BCUT2D eigenvalue weighted by atomic mass is 35.5. The van der Waals surface area contributed by atoms with E-state index in [1.54, 1.807) is 19.2 Å². The number of nitrogens with zero attached hydrogens (tertiary/aromatic N) is 3. The molecule has 0 aliphatic rings. The molecule has 0 aliphatic carbocycles. The van der Waals surface area contributed by atoms with Crippen molar-refractivity contribution < 1.29 is 0 Å². The number of benzene rings is 2. The summed E-state index contributed by atoms with van der Waals surface area (Å²) in [6.07, 6.45) is 0. The summed E-state index contributed by atoms with van der Waals surface area (Å²) in [5.74, 6) is 0.119. The molecule has 2 aromatic carbocycles. The first-order valence-electron chi connectivity index (χ1n) is 8.35. The van der Waals surface area contributed by atoms with E-state index < -0.39 is 11.2 Å². The Balaban J connectivity index is 2.35. The van der Waals surface area contributed by atoms with E-state index in [1.807, 2.05) is 31.2 Å². The molecule has 7 heteroatoms. The Kier molecular flexibility index (Phi) is 3.82. The van der Waals surface area contributed by atoms with E-state index in [-0.39, 0.29) is 11.4 Å². The summed E-state index contributed by atoms with van der Waals surface area (Å²) in [5, 5.41) is 2.10. The van der Waals surface area contributed by atoms with Crippen molar-refractivity contribution in [1.29, 1.82) is 0 Å². The van der Waals surface area contributed by atoms with Crippen LogP contribution in [0.15, 0.2) is 46.0 Å². The number of nitrogens with two attached hydrogens (primary N) is 1. The molecule has 0 fully saturated rings. The predicted octanol–water partition coefficient (Wildman–Crippen LogP) is 3.00. The van der Waals surface area contributed by atoms with Crippen LogP contribution in [0.25, 0.3) is 32.9 Å². The maximum Gasteiger partial charge on any atom is 0.332 e. The number of hydrogen-bond donors (Lipinski definition) is 1. The number of aryl methyl sites for hydroxylation is 1. The number of anilines is 1. The lowest BCUT2D eigenvalue weighted by atomic mass is 9.95. The molecule has 0 bridgehead atoms. The van der Waals surface area contributed by atoms with Gasteiger partial charge in [-0.15, -0.1) is 0 Å². The smallest absolute Gasteiger partial charge is 0.332 e. The fraction of sp³-hybridized carbons (Fsp3) is 0.150. The van der Waals surface area contributed by atoms with E-state index in [4.69, 9.17) is 22.3 Å². The van der Waals surface area contributed by atoms with Gasteiger partial charge in [0.1, 0.15) is 5.82 Å². The molecule has 4 rings (SSSR count). The monoisotopic (exact) mass is 380 g/mol. The van der Waals surface area contributed by atoms with Crippen LogP contribution in [0, 0.1) is 6.92 Å². The van der Waals surface area contributed by atoms with Crippen LogP contribution >= 0.6 is 11.6 Å². The van der Waals surface area contributed by atoms with E-state index in [1.165, 1.54) is 11.6 Å². The lowest BCUT2D eigenvalue weighted by Crippen LogP contribution is -2.39. The van der Waals surface area contributed by atoms with Crippen LogP contribution in [-0.4, -0.2) is 14.1 Å². The molecule has 6 nitrogen and oxygen atoms in total. The zero-order valence-corrected chi connectivity index (χ0v) is 15.8. The van der Waals surface area contributed by atoms with E-state index in [0.717, 1.165) is 26.4 Å². The highest BCUT2D eigenvalue weighted by molar-refractivity contribution is 6.31. The molecule has 27 heavy (non-hydrogen) atoms. The Labute approximate surface area is 159 Å². The third-order valence-electron chi connectivity index (χ3n) is 4.93. The second kappa shape index (κ2) is 5.96. The van der Waals surface area contributed by atoms with Crippen LogP contribution in [0.5, 0.6) is 0 Å². The summed E-state index contributed by atoms with van der Waals surface area (Å²) < 4.78 is 2.34. The van der Waals surface area contributed by atoms with Crippen molar-refractivity contribution in [2.24, 2.45) is 14.1 Å². The summed E-state index contributed by atoms with van der Waals surface area (Å²) in [6, 6.07) is 11.1. The number of rotatable bonds is 1. The van der Waals surface area contributed by atoms with Crippen LogP contribution in [0.1, 0.15) is 5.56 Å². The van der Waals surface area contributed by atoms with Gasteiger partial charge in [-0.1, -0.05) is 35.9 Å². The van der Waals surface area contributed by atoms with Gasteiger partial charge >= 0.3 is 5.69 Å². The lowest BCUT2D eigenvalue weighted by molar-refractivity contribution is 0.697. The predicted molar refractivity (Wildman–Crippen MR) is 109 cm³/mol. The summed E-state index contributed by atoms with van der Waals surface area (Å²) in [4.78, 5) is 30.0. The average Bonchev–Trinajstić information content (AvgIpc) is 2.65. The molecule has 4 aromatic rings. The molecular weight excluding hydrogens is 364 g/mol. The molecule has 0 saturated carbocycles. The highest BCUT2D eigenvalue weighted by Gasteiger charge is 2.21. The molecular formula is C20H17ClN4O2. The van der Waals surface area contributed by atoms with Gasteiger partial charge in [0, 0.05) is 35.5 Å². The third kappa shape index (κ3) is 2.44. The maximum atomic E-state index is 13.0. The molecule has 136 valence electrons. The molecule has 2 aromatic heterocycles. The van der Waals surface area contributed by atoms with Gasteiger partial charge in [-0.25, -0.2) is 9.78 Å². The quantitative estimate of drug-likeness (QED) is 0.514. The topological polar surface area (TPSA) is 82.9 Å². The first-order valence-corrected chi connectivity index (χ1v) is 8.73. The Bertz CT molecular complexity index is 1370. The van der Waals surface area contributed by atoms with E-state index in [2.05, 4.69) is 0 Å². The van der Waals surface area contributed by atoms with Crippen LogP contribution in [0.3, 0.4) is 0 Å². The molecule has 0 saturated heterocycles. The zero-order valence-electron chi connectivity index (χ0n) is 15.1. The number of halogens is 1. The van der Waals surface area contributed by atoms with Gasteiger partial charge in [0.05, 0.1) is 16.6 Å². The Morgan fingerprint density at radius 3 is 2.48 bits per heavy atom. The number of nitrogen functional groups attached to an aromatic ring is 1. The van der Waals surface area contributed by atoms with Crippen LogP contribution < -0.4 is 17.0 Å². The van der Waals surface area contributed by atoms with Crippen LogP contribution in [0.2, 0.25) is 5.02 Å². The number of hydrogen-bond acceptors (Lipinski definition) is 4. The van der Waals surface area contributed by atoms with Crippen molar-refractivity contribution in [3.05, 3.63) is 67.8 Å². The van der Waals surface area contributed by atoms with Crippen molar-refractivity contribution in [3.8, 4) is 11.1 Å². The SMILES string of the molecule is Cc1cccc2c(-c3c(N)n(C)c(=O)n(C)c3=O)c3ccc(Cl)cc3nc12. The zero-order chi connectivity index (χ0) is 19.5. The van der Waals surface area contributed by atoms with Gasteiger partial charge < -0.3 is 5.73 Å². The fourth-order valence-electron chi connectivity index (χ4n) is 3.45. The third-order valence-corrected chi connectivity index (χ3v) is 5.16. The Hall–Kier alpha value is -3.12. The second-order valence-electron chi connectivity index (χ2n) is 6.59. The molecule has 0 atom stereocenters. The molecule has 0 unspecified atom stereocenters. The van der Waals surface area contributed by atoms with Gasteiger partial charge in [-0.2, -0.15) is 0 Å². The van der Waals surface area contributed by atoms with Crippen molar-refractivity contribution in [3.63, 3.8) is 0 Å². The minimum absolute atomic E-state index is 0.119. The molecule has 2 N–H and O–H groups in total. The Morgan fingerprint density at radius 2 is 1.74 bits per heavy atom. The van der Waals surface area contributed by atoms with Crippen molar-refractivity contribution in [2.45, 2.75) is 6.92 Å². The summed E-state index contributed by atoms with van der Waals surface area (Å²) in [5.41, 5.74) is 8.66. The number of pyridine rings is 1. The highest BCUT2D eigenvalue weighted by Crippen LogP contribution is 2.37. The van der Waals surface area contributed by atoms with E-state index in [9.17, 15) is 9.59 Å². The van der Waals surface area contributed by atoms with Gasteiger partial charge in [-0.05, 0) is 24.6 Å². The number of fused-ring (bicyclic) bond motifs is 2. The van der Waals surface area contributed by atoms with Crippen LogP contribution in [0.4, 0.5) is 5.82 Å². The van der Waals surface area contributed by atoms with Crippen molar-refractivity contribution in [1.82, 2.24) is 14.1 Å². The minimum atomic E-state index is -0.469. The standard InChI is InChI=1S/C20H17ClN4O2/c1-10-5-4-6-13-15(12-8-7-11(21)9-14(12)23-17(10)13)16-18(22)24(2)20(27)25(3)19(16)26/h4-9H,22H2,1-3H3. The first kappa shape index (κ1) is 17.3. The average molecular weight is 381 g/mol. The molecule has 0 spiro atoms. The fourth-order valence-corrected chi connectivity index (χ4v) is 3.61. The first-order chi connectivity index (χ1) is 12.8. The number of aromatic nitrogens is 3. The molecule has 2 heterocycles. The molecule has 0 amide bonds. The molecule has 0 radical (unpaired) electrons. The minimum Gasteiger partial charge on any atom is -0.384 e. The maximum absolute atomic E-state index is 13.0. The largest absolute Gasteiger partial charge is 0.384 e. The summed E-state index contributed by atoms with van der Waals surface area (Å²) in [6.45, 7) is 1.96. The normalized spacial score (nSPS) is 11.4. The van der Waals surface area contributed by atoms with Gasteiger partial charge in [0.2, 0.25) is 0 Å². The number of para-hydroxylation sites is 1. The Morgan fingerprint density at radius 1 is 1.00 bits per heavy atom. The van der Waals surface area contributed by atoms with E-state index in [0.29, 0.717) is 16.1 Å². The van der Waals surface area contributed by atoms with Gasteiger partial charge in [0.25, 0.3) is 5.56 Å². The molecule has 0 aliphatic heterocycles.